The first kappa shape index (κ1) is 26.3. The van der Waals surface area contributed by atoms with Crippen LogP contribution in [-0.2, 0) is 12.8 Å². The summed E-state index contributed by atoms with van der Waals surface area (Å²) in [6, 6.07) is 35.9. The van der Waals surface area contributed by atoms with Gasteiger partial charge in [-0.05, 0) is 101 Å². The SMILES string of the molecule is C1=Cc2cc(-c3cc(C4=NC(c5ccccc5)N=C(c5ccccc5)N4)cc(-c4ccccn4)c3)c3c(c2CC1)CCC=C3. The third kappa shape index (κ3) is 4.99. The van der Waals surface area contributed by atoms with Gasteiger partial charge in [0.1, 0.15) is 11.7 Å². The Hall–Kier alpha value is -5.35. The van der Waals surface area contributed by atoms with E-state index in [1.807, 2.05) is 54.7 Å². The predicted octanol–water partition coefficient (Wildman–Crippen LogP) is 8.83. The summed E-state index contributed by atoms with van der Waals surface area (Å²) in [6.45, 7) is 0. The highest BCUT2D eigenvalue weighted by atomic mass is 15.2. The lowest BCUT2D eigenvalue weighted by Crippen LogP contribution is -2.36. The molecule has 0 radical (unpaired) electrons. The molecule has 4 heteroatoms. The summed E-state index contributed by atoms with van der Waals surface area (Å²) < 4.78 is 0. The Balaban J connectivity index is 1.32. The zero-order valence-corrected chi connectivity index (χ0v) is 24.4. The van der Waals surface area contributed by atoms with Gasteiger partial charge >= 0.3 is 0 Å². The van der Waals surface area contributed by atoms with E-state index in [0.29, 0.717) is 0 Å². The minimum Gasteiger partial charge on any atom is -0.324 e. The van der Waals surface area contributed by atoms with E-state index in [2.05, 4.69) is 84.2 Å². The average Bonchev–Trinajstić information content (AvgIpc) is 3.12. The molecule has 4 aromatic carbocycles. The summed E-state index contributed by atoms with van der Waals surface area (Å²) in [5.41, 5.74) is 13.2. The van der Waals surface area contributed by atoms with Crippen LogP contribution in [0.3, 0.4) is 0 Å². The molecule has 1 atom stereocenters. The van der Waals surface area contributed by atoms with E-state index in [4.69, 9.17) is 15.0 Å². The van der Waals surface area contributed by atoms with Crippen LogP contribution in [0.1, 0.15) is 58.0 Å². The summed E-state index contributed by atoms with van der Waals surface area (Å²) in [5, 5.41) is 3.61. The van der Waals surface area contributed by atoms with Crippen LogP contribution in [0.4, 0.5) is 0 Å². The molecule has 2 aliphatic carbocycles. The Labute approximate surface area is 258 Å². The van der Waals surface area contributed by atoms with Crippen molar-refractivity contribution in [2.45, 2.75) is 31.8 Å². The van der Waals surface area contributed by atoms with Crippen LogP contribution in [0.2, 0.25) is 0 Å². The summed E-state index contributed by atoms with van der Waals surface area (Å²) in [7, 11) is 0. The molecular weight excluding hydrogens is 536 g/mol. The van der Waals surface area contributed by atoms with Crippen LogP contribution >= 0.6 is 0 Å². The lowest BCUT2D eigenvalue weighted by atomic mass is 9.80. The summed E-state index contributed by atoms with van der Waals surface area (Å²) in [4.78, 5) is 15.0. The number of pyridine rings is 1. The molecule has 1 N–H and O–H groups in total. The molecule has 4 nitrogen and oxygen atoms in total. The van der Waals surface area contributed by atoms with Gasteiger partial charge in [-0.1, -0.05) is 91.0 Å². The molecule has 5 aromatic rings. The first-order chi connectivity index (χ1) is 21.8. The van der Waals surface area contributed by atoms with E-state index in [0.717, 1.165) is 70.9 Å². The number of nitrogens with zero attached hydrogens (tertiary/aromatic N) is 3. The van der Waals surface area contributed by atoms with Crippen molar-refractivity contribution >= 4 is 23.8 Å². The fraction of sp³-hybridized carbons (Fsp3) is 0.125. The number of rotatable bonds is 5. The number of aliphatic imine (C=N–C) groups is 2. The van der Waals surface area contributed by atoms with E-state index in [1.54, 1.807) is 0 Å². The van der Waals surface area contributed by atoms with E-state index in [-0.39, 0.29) is 6.17 Å². The van der Waals surface area contributed by atoms with Crippen LogP contribution in [0, 0.1) is 0 Å². The van der Waals surface area contributed by atoms with E-state index < -0.39 is 0 Å². The highest BCUT2D eigenvalue weighted by Gasteiger charge is 2.24. The maximum atomic E-state index is 5.20. The summed E-state index contributed by atoms with van der Waals surface area (Å²) >= 11 is 0. The highest BCUT2D eigenvalue weighted by molar-refractivity contribution is 6.16. The topological polar surface area (TPSA) is 49.6 Å². The fourth-order valence-corrected chi connectivity index (χ4v) is 6.56. The maximum Gasteiger partial charge on any atom is 0.169 e. The fourth-order valence-electron chi connectivity index (χ4n) is 6.56. The number of benzene rings is 4. The monoisotopic (exact) mass is 568 g/mol. The van der Waals surface area contributed by atoms with Crippen molar-refractivity contribution in [2.75, 3.05) is 0 Å². The number of allylic oxidation sites excluding steroid dienone is 2. The average molecular weight is 569 g/mol. The molecule has 44 heavy (non-hydrogen) atoms. The van der Waals surface area contributed by atoms with Gasteiger partial charge in [-0.2, -0.15) is 0 Å². The lowest BCUT2D eigenvalue weighted by Gasteiger charge is -2.25. The van der Waals surface area contributed by atoms with Gasteiger partial charge in [-0.3, -0.25) is 4.98 Å². The number of hydrogen-bond acceptors (Lipinski definition) is 4. The van der Waals surface area contributed by atoms with Crippen LogP contribution in [0.15, 0.2) is 131 Å². The molecule has 212 valence electrons. The standard InChI is InChI=1S/C40H32N4/c1-3-13-27(14-4-1)38-42-39(28-15-5-2-6-16-28)44-40(43-38)32-24-30(23-31(25-32)37-21-11-12-22-41-37)36-26-29-17-7-8-18-33(29)34-19-9-10-20-35(34)36/h1-7,10-17,20-26,38H,8-9,18-19H2,(H,42,43,44). The van der Waals surface area contributed by atoms with Crippen molar-refractivity contribution in [3.8, 4) is 22.4 Å². The largest absolute Gasteiger partial charge is 0.324 e. The third-order valence-corrected chi connectivity index (χ3v) is 8.69. The number of aromatic nitrogens is 1. The normalized spacial score (nSPS) is 16.8. The Morgan fingerprint density at radius 1 is 0.591 bits per heavy atom. The molecule has 0 amide bonds. The number of amidine groups is 2. The van der Waals surface area contributed by atoms with Crippen molar-refractivity contribution < 1.29 is 0 Å². The van der Waals surface area contributed by atoms with Crippen molar-refractivity contribution in [1.82, 2.24) is 10.3 Å². The molecular formula is C40H32N4. The number of nitrogens with one attached hydrogen (secondary N) is 1. The van der Waals surface area contributed by atoms with Gasteiger partial charge in [0.2, 0.25) is 0 Å². The van der Waals surface area contributed by atoms with Gasteiger partial charge in [-0.25, -0.2) is 9.98 Å². The predicted molar refractivity (Wildman–Crippen MR) is 182 cm³/mol. The van der Waals surface area contributed by atoms with Crippen LogP contribution in [-0.4, -0.2) is 16.7 Å². The van der Waals surface area contributed by atoms with Crippen molar-refractivity contribution in [3.05, 3.63) is 160 Å². The van der Waals surface area contributed by atoms with Gasteiger partial charge < -0.3 is 5.32 Å². The second-order valence-corrected chi connectivity index (χ2v) is 11.5. The number of fused-ring (bicyclic) bond motifs is 3. The zero-order chi connectivity index (χ0) is 29.3. The molecule has 2 heterocycles. The summed E-state index contributed by atoms with van der Waals surface area (Å²) in [5.74, 6) is 1.61. The molecule has 0 fully saturated rings. The molecule has 0 bridgehead atoms. The van der Waals surface area contributed by atoms with Gasteiger partial charge in [0.05, 0.1) is 5.69 Å². The van der Waals surface area contributed by atoms with Gasteiger partial charge in [0.15, 0.2) is 6.17 Å². The second kappa shape index (κ2) is 11.4. The molecule has 3 aliphatic rings. The second-order valence-electron chi connectivity index (χ2n) is 11.5. The Morgan fingerprint density at radius 2 is 1.27 bits per heavy atom. The molecule has 0 spiro atoms. The molecule has 8 rings (SSSR count). The third-order valence-electron chi connectivity index (χ3n) is 8.69. The molecule has 1 aromatic heterocycles. The maximum absolute atomic E-state index is 5.20. The van der Waals surface area contributed by atoms with Gasteiger partial charge in [0.25, 0.3) is 0 Å². The Bertz CT molecular complexity index is 1970. The van der Waals surface area contributed by atoms with Crippen LogP contribution in [0.25, 0.3) is 34.5 Å². The minimum absolute atomic E-state index is 0.353. The van der Waals surface area contributed by atoms with E-state index in [1.165, 1.54) is 27.8 Å². The van der Waals surface area contributed by atoms with Crippen LogP contribution < -0.4 is 5.32 Å². The highest BCUT2D eigenvalue weighted by Crippen LogP contribution is 2.39. The van der Waals surface area contributed by atoms with Crippen molar-refractivity contribution in [3.63, 3.8) is 0 Å². The molecule has 0 saturated heterocycles. The quantitative estimate of drug-likeness (QED) is 0.230. The zero-order valence-electron chi connectivity index (χ0n) is 24.4. The molecule has 1 aliphatic heterocycles. The van der Waals surface area contributed by atoms with Crippen LogP contribution in [0.5, 0.6) is 0 Å². The molecule has 1 unspecified atom stereocenters. The van der Waals surface area contributed by atoms with E-state index in [9.17, 15) is 0 Å². The Kier molecular flexibility index (Phi) is 6.80. The summed E-state index contributed by atoms with van der Waals surface area (Å²) in [6.07, 6.45) is 15.2. The van der Waals surface area contributed by atoms with Crippen molar-refractivity contribution in [1.29, 1.82) is 0 Å². The lowest BCUT2D eigenvalue weighted by molar-refractivity contribution is 0.756. The van der Waals surface area contributed by atoms with Gasteiger partial charge in [-0.15, -0.1) is 0 Å². The molecule has 0 saturated carbocycles. The minimum atomic E-state index is -0.353. The Morgan fingerprint density at radius 3 is 2.07 bits per heavy atom. The smallest absolute Gasteiger partial charge is 0.169 e. The first-order valence-electron chi connectivity index (χ1n) is 15.4. The van der Waals surface area contributed by atoms with Crippen molar-refractivity contribution in [2.24, 2.45) is 9.98 Å². The number of hydrogen-bond donors (Lipinski definition) is 1. The van der Waals surface area contributed by atoms with E-state index >= 15 is 0 Å². The van der Waals surface area contributed by atoms with Gasteiger partial charge in [0, 0.05) is 22.9 Å². The first-order valence-corrected chi connectivity index (χ1v) is 15.4.